The number of benzene rings is 1. The average molecular weight is 249 g/mol. The molecule has 0 amide bonds. The lowest BCUT2D eigenvalue weighted by molar-refractivity contribution is 0.0922. The molecule has 1 aliphatic rings. The molecule has 18 heavy (non-hydrogen) atoms. The van der Waals surface area contributed by atoms with Gasteiger partial charge in [-0.05, 0) is 18.6 Å². The van der Waals surface area contributed by atoms with Crippen LogP contribution in [-0.2, 0) is 4.74 Å². The second kappa shape index (κ2) is 6.52. The molecule has 0 radical (unpaired) electrons. The fourth-order valence-corrected chi connectivity index (χ4v) is 2.05. The SMILES string of the molecule is COc1cccc(C(=O)CN2CCCOCC2)c1. The van der Waals surface area contributed by atoms with E-state index in [0.29, 0.717) is 18.7 Å². The summed E-state index contributed by atoms with van der Waals surface area (Å²) < 4.78 is 10.5. The molecule has 0 aliphatic carbocycles. The van der Waals surface area contributed by atoms with Crippen LogP contribution in [0.2, 0.25) is 0 Å². The van der Waals surface area contributed by atoms with Crippen LogP contribution in [0.15, 0.2) is 24.3 Å². The Labute approximate surface area is 107 Å². The van der Waals surface area contributed by atoms with Crippen LogP contribution in [-0.4, -0.2) is 50.6 Å². The van der Waals surface area contributed by atoms with Crippen molar-refractivity contribution in [2.24, 2.45) is 0 Å². The predicted molar refractivity (Wildman–Crippen MR) is 69.2 cm³/mol. The van der Waals surface area contributed by atoms with Crippen LogP contribution >= 0.6 is 0 Å². The standard InChI is InChI=1S/C14H19NO3/c1-17-13-5-2-4-12(10-13)14(16)11-15-6-3-8-18-9-7-15/h2,4-5,10H,3,6-9,11H2,1H3. The maximum absolute atomic E-state index is 12.2. The van der Waals surface area contributed by atoms with E-state index in [1.54, 1.807) is 13.2 Å². The molecule has 0 saturated carbocycles. The highest BCUT2D eigenvalue weighted by Gasteiger charge is 2.14. The number of carbonyl (C=O) groups excluding carboxylic acids is 1. The van der Waals surface area contributed by atoms with Crippen LogP contribution in [0.4, 0.5) is 0 Å². The van der Waals surface area contributed by atoms with Crippen molar-refractivity contribution in [3.8, 4) is 5.75 Å². The summed E-state index contributed by atoms with van der Waals surface area (Å²) in [5, 5.41) is 0. The predicted octanol–water partition coefficient (Wildman–Crippen LogP) is 1.60. The van der Waals surface area contributed by atoms with Gasteiger partial charge in [0.15, 0.2) is 5.78 Å². The average Bonchev–Trinajstić information content (AvgIpc) is 2.67. The smallest absolute Gasteiger partial charge is 0.176 e. The van der Waals surface area contributed by atoms with Gasteiger partial charge in [0, 0.05) is 25.3 Å². The molecular formula is C14H19NO3. The van der Waals surface area contributed by atoms with Gasteiger partial charge in [0.1, 0.15) is 5.75 Å². The van der Waals surface area contributed by atoms with Crippen molar-refractivity contribution in [1.82, 2.24) is 4.90 Å². The van der Waals surface area contributed by atoms with Crippen LogP contribution < -0.4 is 4.74 Å². The van der Waals surface area contributed by atoms with Gasteiger partial charge in [-0.25, -0.2) is 0 Å². The molecule has 0 spiro atoms. The topological polar surface area (TPSA) is 38.8 Å². The lowest BCUT2D eigenvalue weighted by Gasteiger charge is -2.17. The van der Waals surface area contributed by atoms with E-state index in [1.165, 1.54) is 0 Å². The number of ether oxygens (including phenoxy) is 2. The molecule has 1 heterocycles. The molecule has 0 unspecified atom stereocenters. The van der Waals surface area contributed by atoms with Crippen molar-refractivity contribution in [3.63, 3.8) is 0 Å². The van der Waals surface area contributed by atoms with E-state index in [2.05, 4.69) is 4.90 Å². The molecule has 2 rings (SSSR count). The fourth-order valence-electron chi connectivity index (χ4n) is 2.05. The molecule has 0 N–H and O–H groups in total. The third-order valence-electron chi connectivity index (χ3n) is 3.07. The van der Waals surface area contributed by atoms with Crippen LogP contribution in [0.25, 0.3) is 0 Å². The zero-order valence-corrected chi connectivity index (χ0v) is 10.7. The Morgan fingerprint density at radius 2 is 2.28 bits per heavy atom. The highest BCUT2D eigenvalue weighted by Crippen LogP contribution is 2.13. The molecule has 4 heteroatoms. The van der Waals surface area contributed by atoms with Gasteiger partial charge in [-0.1, -0.05) is 12.1 Å². The lowest BCUT2D eigenvalue weighted by Crippen LogP contribution is -2.32. The first kappa shape index (κ1) is 13.1. The van der Waals surface area contributed by atoms with E-state index < -0.39 is 0 Å². The number of carbonyl (C=O) groups is 1. The van der Waals surface area contributed by atoms with Gasteiger partial charge in [-0.2, -0.15) is 0 Å². The third-order valence-corrected chi connectivity index (χ3v) is 3.07. The van der Waals surface area contributed by atoms with E-state index >= 15 is 0 Å². The first-order valence-electron chi connectivity index (χ1n) is 6.27. The Balaban J connectivity index is 1.97. The third kappa shape index (κ3) is 3.55. The minimum Gasteiger partial charge on any atom is -0.497 e. The van der Waals surface area contributed by atoms with E-state index in [1.807, 2.05) is 18.2 Å². The Morgan fingerprint density at radius 1 is 1.39 bits per heavy atom. The number of Topliss-reactive ketones (excluding diaryl/α,β-unsaturated/α-hetero) is 1. The molecule has 98 valence electrons. The van der Waals surface area contributed by atoms with Crippen molar-refractivity contribution in [1.29, 1.82) is 0 Å². The number of hydrogen-bond acceptors (Lipinski definition) is 4. The Hall–Kier alpha value is -1.39. The van der Waals surface area contributed by atoms with E-state index in [9.17, 15) is 4.79 Å². The minimum absolute atomic E-state index is 0.135. The molecule has 1 saturated heterocycles. The van der Waals surface area contributed by atoms with E-state index in [-0.39, 0.29) is 5.78 Å². The summed E-state index contributed by atoms with van der Waals surface area (Å²) >= 11 is 0. The molecule has 0 aromatic heterocycles. The van der Waals surface area contributed by atoms with E-state index in [4.69, 9.17) is 9.47 Å². The van der Waals surface area contributed by atoms with Crippen molar-refractivity contribution in [3.05, 3.63) is 29.8 Å². The molecule has 0 atom stereocenters. The van der Waals surface area contributed by atoms with E-state index in [0.717, 1.165) is 31.9 Å². The van der Waals surface area contributed by atoms with Crippen molar-refractivity contribution >= 4 is 5.78 Å². The van der Waals surface area contributed by atoms with Crippen LogP contribution in [0.5, 0.6) is 5.75 Å². The normalized spacial score (nSPS) is 17.2. The molecule has 0 bridgehead atoms. The first-order chi connectivity index (χ1) is 8.79. The van der Waals surface area contributed by atoms with Crippen LogP contribution in [0.3, 0.4) is 0 Å². The van der Waals surface area contributed by atoms with Crippen molar-refractivity contribution in [2.75, 3.05) is 40.0 Å². The number of rotatable bonds is 4. The summed E-state index contributed by atoms with van der Waals surface area (Å²) in [7, 11) is 1.61. The number of ketones is 1. The zero-order chi connectivity index (χ0) is 12.8. The molecule has 1 aromatic carbocycles. The number of hydrogen-bond donors (Lipinski definition) is 0. The quantitative estimate of drug-likeness (QED) is 0.760. The van der Waals surface area contributed by atoms with Gasteiger partial charge < -0.3 is 9.47 Å². The van der Waals surface area contributed by atoms with Gasteiger partial charge in [0.2, 0.25) is 0 Å². The highest BCUT2D eigenvalue weighted by molar-refractivity contribution is 5.97. The second-order valence-electron chi connectivity index (χ2n) is 4.40. The monoisotopic (exact) mass is 249 g/mol. The molecule has 4 nitrogen and oxygen atoms in total. The molecular weight excluding hydrogens is 230 g/mol. The zero-order valence-electron chi connectivity index (χ0n) is 10.7. The summed E-state index contributed by atoms with van der Waals surface area (Å²) in [5.41, 5.74) is 0.708. The first-order valence-corrected chi connectivity index (χ1v) is 6.27. The lowest BCUT2D eigenvalue weighted by atomic mass is 10.1. The largest absolute Gasteiger partial charge is 0.497 e. The van der Waals surface area contributed by atoms with Crippen LogP contribution in [0, 0.1) is 0 Å². The Kier molecular flexibility index (Phi) is 4.73. The van der Waals surface area contributed by atoms with Crippen molar-refractivity contribution < 1.29 is 14.3 Å². The van der Waals surface area contributed by atoms with Crippen molar-refractivity contribution in [2.45, 2.75) is 6.42 Å². The Bertz CT molecular complexity index is 398. The summed E-state index contributed by atoms with van der Waals surface area (Å²) in [5.74, 6) is 0.857. The fraction of sp³-hybridized carbons (Fsp3) is 0.500. The summed E-state index contributed by atoms with van der Waals surface area (Å²) in [6, 6.07) is 7.31. The molecule has 1 aliphatic heterocycles. The number of methoxy groups -OCH3 is 1. The summed E-state index contributed by atoms with van der Waals surface area (Å²) in [6.45, 7) is 3.72. The maximum atomic E-state index is 12.2. The van der Waals surface area contributed by atoms with Gasteiger partial charge in [-0.15, -0.1) is 0 Å². The highest BCUT2D eigenvalue weighted by atomic mass is 16.5. The van der Waals surface area contributed by atoms with Gasteiger partial charge in [0.25, 0.3) is 0 Å². The summed E-state index contributed by atoms with van der Waals surface area (Å²) in [4.78, 5) is 14.3. The maximum Gasteiger partial charge on any atom is 0.176 e. The Morgan fingerprint density at radius 3 is 3.11 bits per heavy atom. The number of nitrogens with zero attached hydrogens (tertiary/aromatic N) is 1. The molecule has 1 fully saturated rings. The van der Waals surface area contributed by atoms with Crippen LogP contribution in [0.1, 0.15) is 16.8 Å². The molecule has 1 aromatic rings. The van der Waals surface area contributed by atoms with Gasteiger partial charge in [-0.3, -0.25) is 9.69 Å². The van der Waals surface area contributed by atoms with Gasteiger partial charge >= 0.3 is 0 Å². The van der Waals surface area contributed by atoms with Gasteiger partial charge in [0.05, 0.1) is 20.3 Å². The minimum atomic E-state index is 0.135. The summed E-state index contributed by atoms with van der Waals surface area (Å²) in [6.07, 6.45) is 0.991. The second-order valence-corrected chi connectivity index (χ2v) is 4.40.